The van der Waals surface area contributed by atoms with Crippen LogP contribution >= 0.6 is 11.6 Å². The molecule has 0 radical (unpaired) electrons. The molecule has 1 saturated heterocycles. The molecule has 1 aliphatic carbocycles. The van der Waals surface area contributed by atoms with Crippen molar-refractivity contribution in [3.63, 3.8) is 0 Å². The first-order chi connectivity index (χ1) is 10.1. The number of rotatable bonds is 3. The van der Waals surface area contributed by atoms with E-state index in [-0.39, 0.29) is 5.79 Å². The second-order valence-electron chi connectivity index (χ2n) is 6.41. The van der Waals surface area contributed by atoms with Gasteiger partial charge in [0.15, 0.2) is 5.79 Å². The summed E-state index contributed by atoms with van der Waals surface area (Å²) >= 11 is 6.02. The first kappa shape index (κ1) is 15.3. The third-order valence-corrected chi connectivity index (χ3v) is 5.07. The first-order valence-corrected chi connectivity index (χ1v) is 8.17. The van der Waals surface area contributed by atoms with Crippen LogP contribution in [0.5, 0.6) is 0 Å². The molecule has 116 valence electrons. The predicted molar refractivity (Wildman–Crippen MR) is 84.5 cm³/mol. The standard InChI is InChI=1S/C17H24ClNO2/c1-19(2)16(13-3-5-15(18)6-4-13)14-7-9-17(10-8-14)20-11-12-21-17/h3-6,14,16H,7-12H2,1-2H3/i1+1. The minimum Gasteiger partial charge on any atom is -0.348 e. The van der Waals surface area contributed by atoms with Gasteiger partial charge in [0.2, 0.25) is 0 Å². The molecule has 0 bridgehead atoms. The molecule has 21 heavy (non-hydrogen) atoms. The molecule has 0 amide bonds. The Morgan fingerprint density at radius 1 is 1.10 bits per heavy atom. The molecule has 1 spiro atoms. The van der Waals surface area contributed by atoms with Gasteiger partial charge in [0.05, 0.1) is 13.2 Å². The van der Waals surface area contributed by atoms with Crippen molar-refractivity contribution in [2.24, 2.45) is 5.92 Å². The summed E-state index contributed by atoms with van der Waals surface area (Å²) in [5, 5.41) is 0.798. The van der Waals surface area contributed by atoms with Crippen LogP contribution in [-0.4, -0.2) is 38.0 Å². The maximum atomic E-state index is 6.02. The third-order valence-electron chi connectivity index (χ3n) is 4.82. The zero-order valence-electron chi connectivity index (χ0n) is 12.8. The second kappa shape index (κ2) is 6.25. The van der Waals surface area contributed by atoms with Gasteiger partial charge in [-0.2, -0.15) is 0 Å². The Morgan fingerprint density at radius 2 is 1.67 bits per heavy atom. The predicted octanol–water partition coefficient (Wildman–Crippen LogP) is 3.88. The summed E-state index contributed by atoms with van der Waals surface area (Å²) in [6, 6.07) is 8.71. The molecule has 1 aromatic rings. The summed E-state index contributed by atoms with van der Waals surface area (Å²) < 4.78 is 11.7. The van der Waals surface area contributed by atoms with Crippen molar-refractivity contribution in [2.45, 2.75) is 37.5 Å². The van der Waals surface area contributed by atoms with Crippen molar-refractivity contribution < 1.29 is 9.47 Å². The van der Waals surface area contributed by atoms with E-state index in [1.807, 2.05) is 12.1 Å². The lowest BCUT2D eigenvalue weighted by atomic mass is 9.78. The molecule has 1 atom stereocenters. The summed E-state index contributed by atoms with van der Waals surface area (Å²) in [5.74, 6) is 0.368. The summed E-state index contributed by atoms with van der Waals surface area (Å²) in [4.78, 5) is 2.32. The van der Waals surface area contributed by atoms with Crippen LogP contribution in [0, 0.1) is 5.92 Å². The van der Waals surface area contributed by atoms with E-state index >= 15 is 0 Å². The fraction of sp³-hybridized carbons (Fsp3) is 0.647. The Kier molecular flexibility index (Phi) is 4.55. The van der Waals surface area contributed by atoms with E-state index in [4.69, 9.17) is 21.1 Å². The van der Waals surface area contributed by atoms with Crippen LogP contribution in [0.1, 0.15) is 37.3 Å². The quantitative estimate of drug-likeness (QED) is 0.791. The normalized spacial score (nSPS) is 23.8. The monoisotopic (exact) mass is 310 g/mol. The number of halogens is 1. The molecule has 2 aliphatic rings. The summed E-state index contributed by atoms with van der Waals surface area (Å²) in [6.07, 6.45) is 4.31. The summed E-state index contributed by atoms with van der Waals surface area (Å²) in [6.45, 7) is 1.50. The number of hydrogen-bond donors (Lipinski definition) is 0. The molecule has 3 rings (SSSR count). The number of hydrogen-bond acceptors (Lipinski definition) is 3. The van der Waals surface area contributed by atoms with E-state index in [2.05, 4.69) is 31.1 Å². The zero-order chi connectivity index (χ0) is 14.9. The average molecular weight is 311 g/mol. The first-order valence-electron chi connectivity index (χ1n) is 7.79. The van der Waals surface area contributed by atoms with Crippen molar-refractivity contribution in [3.8, 4) is 0 Å². The van der Waals surface area contributed by atoms with Gasteiger partial charge in [0, 0.05) is 23.9 Å². The van der Waals surface area contributed by atoms with Gasteiger partial charge in [0.1, 0.15) is 0 Å². The highest BCUT2D eigenvalue weighted by Gasteiger charge is 2.42. The van der Waals surface area contributed by atoms with Crippen molar-refractivity contribution in [1.29, 1.82) is 0 Å². The molecular formula is C17H24ClNO2. The van der Waals surface area contributed by atoms with E-state index in [0.717, 1.165) is 43.9 Å². The van der Waals surface area contributed by atoms with Crippen molar-refractivity contribution in [2.75, 3.05) is 27.3 Å². The van der Waals surface area contributed by atoms with Crippen LogP contribution in [0.15, 0.2) is 24.3 Å². The van der Waals surface area contributed by atoms with Gasteiger partial charge >= 0.3 is 0 Å². The Labute approximate surface area is 132 Å². The SMILES string of the molecule is CN([13CH3])C(c1ccc(Cl)cc1)C1CCC2(CC1)OCCO2. The molecule has 1 aliphatic heterocycles. The van der Waals surface area contributed by atoms with Gasteiger partial charge in [-0.15, -0.1) is 0 Å². The van der Waals surface area contributed by atoms with Crippen LogP contribution < -0.4 is 0 Å². The van der Waals surface area contributed by atoms with Gasteiger partial charge in [-0.1, -0.05) is 23.7 Å². The Balaban J connectivity index is 1.72. The fourth-order valence-electron chi connectivity index (χ4n) is 3.83. The van der Waals surface area contributed by atoms with Crippen molar-refractivity contribution in [3.05, 3.63) is 34.9 Å². The molecule has 4 heteroatoms. The van der Waals surface area contributed by atoms with Crippen LogP contribution in [0.3, 0.4) is 0 Å². The fourth-order valence-corrected chi connectivity index (χ4v) is 3.96. The third kappa shape index (κ3) is 3.26. The van der Waals surface area contributed by atoms with Crippen molar-refractivity contribution in [1.82, 2.24) is 4.90 Å². The van der Waals surface area contributed by atoms with Gasteiger partial charge < -0.3 is 14.4 Å². The summed E-state index contributed by atoms with van der Waals surface area (Å²) in [7, 11) is 4.32. The topological polar surface area (TPSA) is 21.7 Å². The van der Waals surface area contributed by atoms with Crippen LogP contribution in [0.4, 0.5) is 0 Å². The molecule has 1 saturated carbocycles. The number of ether oxygens (including phenoxy) is 2. The largest absolute Gasteiger partial charge is 0.348 e. The Morgan fingerprint density at radius 3 is 2.19 bits per heavy atom. The minimum atomic E-state index is -0.270. The zero-order valence-corrected chi connectivity index (χ0v) is 13.6. The number of nitrogens with zero attached hydrogens (tertiary/aromatic N) is 1. The lowest BCUT2D eigenvalue weighted by Gasteiger charge is -2.40. The van der Waals surface area contributed by atoms with E-state index in [0.29, 0.717) is 12.0 Å². The molecule has 0 N–H and O–H groups in total. The van der Waals surface area contributed by atoms with Gasteiger partial charge in [-0.25, -0.2) is 0 Å². The maximum absolute atomic E-state index is 6.02. The van der Waals surface area contributed by atoms with Crippen LogP contribution in [-0.2, 0) is 9.47 Å². The van der Waals surface area contributed by atoms with Gasteiger partial charge in [-0.3, -0.25) is 0 Å². The van der Waals surface area contributed by atoms with E-state index in [1.165, 1.54) is 5.56 Å². The van der Waals surface area contributed by atoms with Crippen molar-refractivity contribution >= 4 is 11.6 Å². The van der Waals surface area contributed by atoms with E-state index in [9.17, 15) is 0 Å². The maximum Gasteiger partial charge on any atom is 0.168 e. The highest BCUT2D eigenvalue weighted by Crippen LogP contribution is 2.44. The van der Waals surface area contributed by atoms with E-state index in [1.54, 1.807) is 0 Å². The number of benzene rings is 1. The minimum absolute atomic E-state index is 0.270. The van der Waals surface area contributed by atoms with Crippen LogP contribution in [0.2, 0.25) is 5.02 Å². The molecule has 3 nitrogen and oxygen atoms in total. The van der Waals surface area contributed by atoms with Crippen LogP contribution in [0.25, 0.3) is 0 Å². The summed E-state index contributed by atoms with van der Waals surface area (Å²) in [5.41, 5.74) is 1.35. The molecule has 0 aromatic heterocycles. The Bertz CT molecular complexity index is 458. The highest BCUT2D eigenvalue weighted by atomic mass is 35.5. The van der Waals surface area contributed by atoms with Gasteiger partial charge in [0.25, 0.3) is 0 Å². The average Bonchev–Trinajstić information content (AvgIpc) is 2.92. The van der Waals surface area contributed by atoms with Gasteiger partial charge in [-0.05, 0) is 50.6 Å². The lowest BCUT2D eigenvalue weighted by Crippen LogP contribution is -2.39. The molecule has 2 fully saturated rings. The molecule has 1 heterocycles. The van der Waals surface area contributed by atoms with E-state index < -0.39 is 0 Å². The Hall–Kier alpha value is -0.610. The molecule has 1 unspecified atom stereocenters. The smallest absolute Gasteiger partial charge is 0.168 e. The molecular weight excluding hydrogens is 287 g/mol. The highest BCUT2D eigenvalue weighted by molar-refractivity contribution is 6.30. The lowest BCUT2D eigenvalue weighted by molar-refractivity contribution is -0.185. The molecule has 1 aromatic carbocycles. The second-order valence-corrected chi connectivity index (χ2v) is 6.84.